The van der Waals surface area contributed by atoms with Crippen LogP contribution in [0.3, 0.4) is 0 Å². The first-order valence-electron chi connectivity index (χ1n) is 6.15. The lowest BCUT2D eigenvalue weighted by molar-refractivity contribution is 0.219. The molecule has 0 aromatic heterocycles. The monoisotopic (exact) mass is 304 g/mol. The lowest BCUT2D eigenvalue weighted by atomic mass is 9.96. The molecule has 2 rings (SSSR count). The van der Waals surface area contributed by atoms with E-state index < -0.39 is 6.10 Å². The predicted octanol–water partition coefficient (Wildman–Crippen LogP) is 4.40. The third-order valence-electron chi connectivity index (χ3n) is 3.28. The molecule has 0 spiro atoms. The van der Waals surface area contributed by atoms with Crippen LogP contribution in [-0.4, -0.2) is 5.11 Å². The van der Waals surface area contributed by atoms with Crippen molar-refractivity contribution in [3.05, 3.63) is 69.2 Å². The molecule has 0 aliphatic carbocycles. The minimum atomic E-state index is -0.561. The van der Waals surface area contributed by atoms with Crippen molar-refractivity contribution in [2.75, 3.05) is 0 Å². The van der Waals surface area contributed by atoms with Crippen molar-refractivity contribution in [1.29, 1.82) is 0 Å². The molecule has 0 saturated heterocycles. The largest absolute Gasteiger partial charge is 0.384 e. The molecule has 2 aromatic rings. The molecular formula is C16H17BrO. The fourth-order valence-electron chi connectivity index (χ4n) is 2.08. The van der Waals surface area contributed by atoms with E-state index in [0.29, 0.717) is 0 Å². The van der Waals surface area contributed by atoms with Crippen LogP contribution in [0.25, 0.3) is 0 Å². The summed E-state index contributed by atoms with van der Waals surface area (Å²) in [4.78, 5) is 0. The normalized spacial score (nSPS) is 12.4. The second kappa shape index (κ2) is 5.68. The third kappa shape index (κ3) is 2.65. The first-order chi connectivity index (χ1) is 8.63. The van der Waals surface area contributed by atoms with Crippen LogP contribution < -0.4 is 0 Å². The molecule has 1 N–H and O–H groups in total. The predicted molar refractivity (Wildman–Crippen MR) is 78.8 cm³/mol. The molecule has 1 nitrogen and oxygen atoms in total. The Hall–Kier alpha value is -1.12. The van der Waals surface area contributed by atoms with Gasteiger partial charge in [0.1, 0.15) is 6.10 Å². The van der Waals surface area contributed by atoms with Crippen molar-refractivity contribution in [3.8, 4) is 0 Å². The van der Waals surface area contributed by atoms with Crippen molar-refractivity contribution < 1.29 is 5.11 Å². The molecule has 0 aliphatic rings. The second-order valence-corrected chi connectivity index (χ2v) is 5.31. The van der Waals surface area contributed by atoms with E-state index in [0.717, 1.165) is 27.6 Å². The molecule has 0 radical (unpaired) electrons. The quantitative estimate of drug-likeness (QED) is 0.891. The van der Waals surface area contributed by atoms with Crippen LogP contribution in [0, 0.1) is 6.92 Å². The number of hydrogen-bond donors (Lipinski definition) is 1. The zero-order valence-corrected chi connectivity index (χ0v) is 12.2. The van der Waals surface area contributed by atoms with E-state index in [4.69, 9.17) is 0 Å². The van der Waals surface area contributed by atoms with Crippen LogP contribution >= 0.6 is 15.9 Å². The summed E-state index contributed by atoms with van der Waals surface area (Å²) in [6, 6.07) is 14.1. The van der Waals surface area contributed by atoms with Crippen LogP contribution in [0.5, 0.6) is 0 Å². The van der Waals surface area contributed by atoms with Crippen LogP contribution in [0.4, 0.5) is 0 Å². The van der Waals surface area contributed by atoms with Crippen LogP contribution in [0.15, 0.2) is 46.9 Å². The Morgan fingerprint density at radius 2 is 1.89 bits per heavy atom. The lowest BCUT2D eigenvalue weighted by Gasteiger charge is -2.16. The highest BCUT2D eigenvalue weighted by Crippen LogP contribution is 2.29. The molecule has 0 saturated carbocycles. The smallest absolute Gasteiger partial charge is 0.104 e. The van der Waals surface area contributed by atoms with Crippen molar-refractivity contribution >= 4 is 15.9 Å². The summed E-state index contributed by atoms with van der Waals surface area (Å²) in [6.07, 6.45) is 0.423. The Morgan fingerprint density at radius 3 is 2.61 bits per heavy atom. The van der Waals surface area contributed by atoms with Crippen molar-refractivity contribution in [2.24, 2.45) is 0 Å². The zero-order chi connectivity index (χ0) is 13.1. The summed E-state index contributed by atoms with van der Waals surface area (Å²) in [5.41, 5.74) is 4.25. The topological polar surface area (TPSA) is 20.2 Å². The fraction of sp³-hybridized carbons (Fsp3) is 0.250. The van der Waals surface area contributed by atoms with Gasteiger partial charge in [-0.1, -0.05) is 59.3 Å². The van der Waals surface area contributed by atoms with Gasteiger partial charge in [0, 0.05) is 4.47 Å². The summed E-state index contributed by atoms with van der Waals surface area (Å²) in [6.45, 7) is 4.14. The van der Waals surface area contributed by atoms with E-state index in [1.54, 1.807) is 0 Å². The lowest BCUT2D eigenvalue weighted by Crippen LogP contribution is -2.03. The minimum Gasteiger partial charge on any atom is -0.384 e. The van der Waals surface area contributed by atoms with Gasteiger partial charge in [-0.05, 0) is 41.7 Å². The minimum absolute atomic E-state index is 0.561. The molecule has 1 unspecified atom stereocenters. The van der Waals surface area contributed by atoms with Gasteiger partial charge in [-0.15, -0.1) is 0 Å². The van der Waals surface area contributed by atoms with Gasteiger partial charge < -0.3 is 5.11 Å². The average Bonchev–Trinajstić information content (AvgIpc) is 2.41. The van der Waals surface area contributed by atoms with Gasteiger partial charge in [0.05, 0.1) is 0 Å². The maximum atomic E-state index is 10.5. The molecule has 2 aromatic carbocycles. The molecule has 0 aliphatic heterocycles. The Labute approximate surface area is 117 Å². The molecule has 0 fully saturated rings. The number of halogens is 1. The summed E-state index contributed by atoms with van der Waals surface area (Å²) in [5.74, 6) is 0. The van der Waals surface area contributed by atoms with Crippen LogP contribution in [0.2, 0.25) is 0 Å². The van der Waals surface area contributed by atoms with Crippen LogP contribution in [0.1, 0.15) is 35.3 Å². The molecule has 0 bridgehead atoms. The standard InChI is InChI=1S/C16H17BrO/c1-3-12-6-4-7-13(10-12)16(18)14-8-5-9-15(17)11(14)2/h4-10,16,18H,3H2,1-2H3. The van der Waals surface area contributed by atoms with Crippen LogP contribution in [-0.2, 0) is 6.42 Å². The van der Waals surface area contributed by atoms with Gasteiger partial charge in [0.15, 0.2) is 0 Å². The highest BCUT2D eigenvalue weighted by molar-refractivity contribution is 9.10. The summed E-state index contributed by atoms with van der Waals surface area (Å²) in [7, 11) is 0. The van der Waals surface area contributed by atoms with Gasteiger partial charge in [-0.2, -0.15) is 0 Å². The maximum absolute atomic E-state index is 10.5. The highest BCUT2D eigenvalue weighted by atomic mass is 79.9. The number of benzene rings is 2. The zero-order valence-electron chi connectivity index (χ0n) is 10.7. The van der Waals surface area contributed by atoms with Gasteiger partial charge in [0.2, 0.25) is 0 Å². The number of hydrogen-bond acceptors (Lipinski definition) is 1. The summed E-state index contributed by atoms with van der Waals surface area (Å²) in [5, 5.41) is 10.5. The molecule has 0 amide bonds. The molecule has 18 heavy (non-hydrogen) atoms. The van der Waals surface area contributed by atoms with E-state index in [1.807, 2.05) is 37.3 Å². The van der Waals surface area contributed by atoms with E-state index in [9.17, 15) is 5.11 Å². The van der Waals surface area contributed by atoms with Crippen molar-refractivity contribution in [2.45, 2.75) is 26.4 Å². The number of aliphatic hydroxyl groups is 1. The molecule has 94 valence electrons. The number of aryl methyl sites for hydroxylation is 1. The van der Waals surface area contributed by atoms with E-state index in [2.05, 4.69) is 35.0 Å². The van der Waals surface area contributed by atoms with Crippen molar-refractivity contribution in [1.82, 2.24) is 0 Å². The Bertz CT molecular complexity index is 549. The summed E-state index contributed by atoms with van der Waals surface area (Å²) >= 11 is 3.50. The highest BCUT2D eigenvalue weighted by Gasteiger charge is 2.14. The Morgan fingerprint density at radius 1 is 1.17 bits per heavy atom. The number of rotatable bonds is 3. The molecule has 1 atom stereocenters. The van der Waals surface area contributed by atoms with E-state index in [-0.39, 0.29) is 0 Å². The van der Waals surface area contributed by atoms with Crippen molar-refractivity contribution in [3.63, 3.8) is 0 Å². The first-order valence-corrected chi connectivity index (χ1v) is 6.94. The number of aliphatic hydroxyl groups excluding tert-OH is 1. The maximum Gasteiger partial charge on any atom is 0.104 e. The Balaban J connectivity index is 2.41. The molecule has 2 heteroatoms. The molecule has 0 heterocycles. The van der Waals surface area contributed by atoms with E-state index >= 15 is 0 Å². The SMILES string of the molecule is CCc1cccc(C(O)c2cccc(Br)c2C)c1. The van der Waals surface area contributed by atoms with E-state index in [1.165, 1.54) is 5.56 Å². The van der Waals surface area contributed by atoms with Gasteiger partial charge in [0.25, 0.3) is 0 Å². The second-order valence-electron chi connectivity index (χ2n) is 4.46. The fourth-order valence-corrected chi connectivity index (χ4v) is 2.46. The Kier molecular flexibility index (Phi) is 4.20. The van der Waals surface area contributed by atoms with Gasteiger partial charge >= 0.3 is 0 Å². The summed E-state index contributed by atoms with van der Waals surface area (Å²) < 4.78 is 1.03. The third-order valence-corrected chi connectivity index (χ3v) is 4.14. The molecular weight excluding hydrogens is 288 g/mol. The van der Waals surface area contributed by atoms with Gasteiger partial charge in [-0.3, -0.25) is 0 Å². The average molecular weight is 305 g/mol. The first kappa shape index (κ1) is 13.3. The van der Waals surface area contributed by atoms with Gasteiger partial charge in [-0.25, -0.2) is 0 Å².